The van der Waals surface area contributed by atoms with Crippen molar-refractivity contribution in [2.45, 2.75) is 6.61 Å². The number of ether oxygens (including phenoxy) is 1. The average molecular weight is 259 g/mol. The van der Waals surface area contributed by atoms with Gasteiger partial charge in [-0.15, -0.1) is 12.4 Å². The van der Waals surface area contributed by atoms with Crippen LogP contribution in [0.4, 0.5) is 0 Å². The van der Waals surface area contributed by atoms with Crippen molar-refractivity contribution in [3.05, 3.63) is 35.9 Å². The highest BCUT2D eigenvalue weighted by molar-refractivity contribution is 5.85. The van der Waals surface area contributed by atoms with Gasteiger partial charge in [0.15, 0.2) is 5.96 Å². The molecule has 0 amide bonds. The van der Waals surface area contributed by atoms with Gasteiger partial charge in [0.05, 0.1) is 0 Å². The van der Waals surface area contributed by atoms with Crippen LogP contribution >= 0.6 is 12.4 Å². The van der Waals surface area contributed by atoms with Crippen LogP contribution in [0.5, 0.6) is 0 Å². The van der Waals surface area contributed by atoms with Crippen molar-refractivity contribution < 1.29 is 9.53 Å². The molecule has 0 saturated carbocycles. The third-order valence-electron chi connectivity index (χ3n) is 1.70. The number of guanidine groups is 1. The Balaban J connectivity index is 0.00000256. The van der Waals surface area contributed by atoms with Crippen LogP contribution < -0.4 is 16.6 Å². The monoisotopic (exact) mass is 258 g/mol. The predicted molar refractivity (Wildman–Crippen MR) is 66.5 cm³/mol. The molecule has 0 bridgehead atoms. The Bertz CT molecular complexity index is 359. The van der Waals surface area contributed by atoms with Crippen molar-refractivity contribution in [2.24, 2.45) is 5.73 Å². The molecule has 0 unspecified atom stereocenters. The van der Waals surface area contributed by atoms with Crippen LogP contribution in [-0.2, 0) is 16.1 Å². The highest BCUT2D eigenvalue weighted by Gasteiger charge is 2.02. The number of nitrogens with one attached hydrogen (secondary N) is 3. The Morgan fingerprint density at radius 1 is 1.35 bits per heavy atom. The summed E-state index contributed by atoms with van der Waals surface area (Å²) in [5, 5.41) is 6.83. The zero-order valence-electron chi connectivity index (χ0n) is 9.10. The van der Waals surface area contributed by atoms with Gasteiger partial charge in [0, 0.05) is 0 Å². The molecule has 0 aromatic heterocycles. The van der Waals surface area contributed by atoms with Gasteiger partial charge in [-0.25, -0.2) is 5.43 Å². The Hall–Kier alpha value is -1.79. The minimum absolute atomic E-state index is 0. The van der Waals surface area contributed by atoms with E-state index in [0.29, 0.717) is 0 Å². The molecule has 0 aliphatic heterocycles. The second-order valence-corrected chi connectivity index (χ2v) is 3.04. The van der Waals surface area contributed by atoms with Crippen LogP contribution in [0.2, 0.25) is 0 Å². The number of carbonyl (C=O) groups excluding carboxylic acids is 1. The summed E-state index contributed by atoms with van der Waals surface area (Å²) in [4.78, 5) is 11.2. The molecule has 1 aromatic rings. The third-order valence-corrected chi connectivity index (χ3v) is 1.70. The molecule has 6 nitrogen and oxygen atoms in total. The molecule has 7 heteroatoms. The van der Waals surface area contributed by atoms with E-state index in [1.165, 1.54) is 0 Å². The van der Waals surface area contributed by atoms with E-state index < -0.39 is 5.97 Å². The van der Waals surface area contributed by atoms with Gasteiger partial charge in [0.1, 0.15) is 13.2 Å². The maximum absolute atomic E-state index is 11.2. The lowest BCUT2D eigenvalue weighted by Crippen LogP contribution is -2.44. The second-order valence-electron chi connectivity index (χ2n) is 3.04. The van der Waals surface area contributed by atoms with E-state index >= 15 is 0 Å². The number of rotatable bonds is 5. The molecule has 5 N–H and O–H groups in total. The first kappa shape index (κ1) is 15.2. The molecule has 0 aliphatic carbocycles. The van der Waals surface area contributed by atoms with Crippen LogP contribution in [0.3, 0.4) is 0 Å². The summed E-state index contributed by atoms with van der Waals surface area (Å²) < 4.78 is 4.96. The van der Waals surface area contributed by atoms with Gasteiger partial charge in [-0.05, 0) is 5.56 Å². The number of halogens is 1. The maximum atomic E-state index is 11.2. The Labute approximate surface area is 105 Å². The van der Waals surface area contributed by atoms with Crippen LogP contribution in [-0.4, -0.2) is 18.5 Å². The smallest absolute Gasteiger partial charge is 0.322 e. The van der Waals surface area contributed by atoms with Crippen LogP contribution in [0.15, 0.2) is 30.3 Å². The molecule has 1 rings (SSSR count). The van der Waals surface area contributed by atoms with Crippen molar-refractivity contribution in [3.8, 4) is 0 Å². The quantitative estimate of drug-likeness (QED) is 0.261. The molecular formula is C10H15ClN4O2. The Morgan fingerprint density at radius 3 is 2.59 bits per heavy atom. The normalized spacial score (nSPS) is 8.94. The van der Waals surface area contributed by atoms with Crippen molar-refractivity contribution in [1.82, 2.24) is 10.9 Å². The summed E-state index contributed by atoms with van der Waals surface area (Å²) in [5.74, 6) is -0.673. The van der Waals surface area contributed by atoms with Gasteiger partial charge in [-0.2, -0.15) is 0 Å². The van der Waals surface area contributed by atoms with E-state index in [9.17, 15) is 4.79 Å². The molecule has 0 radical (unpaired) electrons. The lowest BCUT2D eigenvalue weighted by Gasteiger charge is -2.06. The zero-order chi connectivity index (χ0) is 11.8. The van der Waals surface area contributed by atoms with E-state index in [1.807, 2.05) is 30.3 Å². The summed E-state index contributed by atoms with van der Waals surface area (Å²) >= 11 is 0. The first-order valence-electron chi connectivity index (χ1n) is 4.71. The fraction of sp³-hybridized carbons (Fsp3) is 0.200. The van der Waals surface area contributed by atoms with Gasteiger partial charge in [-0.1, -0.05) is 30.3 Å². The molecule has 1 aromatic carbocycles. The van der Waals surface area contributed by atoms with Gasteiger partial charge < -0.3 is 10.5 Å². The molecule has 0 aliphatic rings. The van der Waals surface area contributed by atoms with Gasteiger partial charge in [-0.3, -0.25) is 15.6 Å². The number of hydrogen-bond donors (Lipinski definition) is 4. The summed E-state index contributed by atoms with van der Waals surface area (Å²) in [7, 11) is 0. The maximum Gasteiger partial charge on any atom is 0.322 e. The van der Waals surface area contributed by atoms with Crippen LogP contribution in [0.25, 0.3) is 0 Å². The molecule has 17 heavy (non-hydrogen) atoms. The summed E-state index contributed by atoms with van der Waals surface area (Å²) in [6.45, 7) is 0.188. The number of benzene rings is 1. The summed E-state index contributed by atoms with van der Waals surface area (Å²) in [5.41, 5.74) is 10.7. The lowest BCUT2D eigenvalue weighted by atomic mass is 10.2. The van der Waals surface area contributed by atoms with Crippen molar-refractivity contribution in [3.63, 3.8) is 0 Å². The molecule has 0 heterocycles. The van der Waals surface area contributed by atoms with Gasteiger partial charge in [0.25, 0.3) is 0 Å². The number of nitrogens with two attached hydrogens (primary N) is 1. The minimum Gasteiger partial charge on any atom is -0.460 e. The molecule has 0 fully saturated rings. The number of hydrogen-bond acceptors (Lipinski definition) is 4. The molecule has 94 valence electrons. The molecule has 0 spiro atoms. The lowest BCUT2D eigenvalue weighted by molar-refractivity contribution is -0.143. The van der Waals surface area contributed by atoms with Crippen molar-refractivity contribution >= 4 is 24.3 Å². The van der Waals surface area contributed by atoms with E-state index in [2.05, 4.69) is 10.9 Å². The van der Waals surface area contributed by atoms with Crippen LogP contribution in [0, 0.1) is 5.41 Å². The highest BCUT2D eigenvalue weighted by atomic mass is 35.5. The number of esters is 1. The third kappa shape index (κ3) is 7.15. The number of carbonyl (C=O) groups is 1. The summed E-state index contributed by atoms with van der Waals surface area (Å²) in [6, 6.07) is 9.38. The fourth-order valence-corrected chi connectivity index (χ4v) is 1.00. The zero-order valence-corrected chi connectivity index (χ0v) is 9.92. The van der Waals surface area contributed by atoms with Gasteiger partial charge in [0.2, 0.25) is 0 Å². The molecule has 0 saturated heterocycles. The fourth-order valence-electron chi connectivity index (χ4n) is 1.00. The van der Waals surface area contributed by atoms with Crippen molar-refractivity contribution in [2.75, 3.05) is 6.54 Å². The van der Waals surface area contributed by atoms with E-state index in [4.69, 9.17) is 15.9 Å². The topological polar surface area (TPSA) is 100 Å². The van der Waals surface area contributed by atoms with Gasteiger partial charge >= 0.3 is 5.97 Å². The molecular weight excluding hydrogens is 244 g/mol. The SMILES string of the molecule is Cl.N=C(N)NNCC(=O)OCc1ccccc1. The first-order valence-corrected chi connectivity index (χ1v) is 4.71. The Kier molecular flexibility index (Phi) is 7.49. The second kappa shape index (κ2) is 8.37. The highest BCUT2D eigenvalue weighted by Crippen LogP contribution is 1.99. The van der Waals surface area contributed by atoms with E-state index in [1.54, 1.807) is 0 Å². The summed E-state index contributed by atoms with van der Waals surface area (Å²) in [6.07, 6.45) is 0. The largest absolute Gasteiger partial charge is 0.460 e. The molecule has 0 atom stereocenters. The minimum atomic E-state index is -0.419. The predicted octanol–water partition coefficient (Wildman–Crippen LogP) is 0.139. The average Bonchev–Trinajstić information content (AvgIpc) is 2.27. The standard InChI is InChI=1S/C10H14N4O2.ClH/c11-10(12)14-13-6-9(15)16-7-8-4-2-1-3-5-8;/h1-5,13H,6-7H2,(H4,11,12,14);1H. The number of hydrazine groups is 1. The van der Waals surface area contributed by atoms with E-state index in [-0.39, 0.29) is 31.5 Å². The van der Waals surface area contributed by atoms with Crippen molar-refractivity contribution in [1.29, 1.82) is 5.41 Å². The van der Waals surface area contributed by atoms with Crippen LogP contribution in [0.1, 0.15) is 5.56 Å². The Morgan fingerprint density at radius 2 is 2.00 bits per heavy atom. The first-order chi connectivity index (χ1) is 7.68. The van der Waals surface area contributed by atoms with E-state index in [0.717, 1.165) is 5.56 Å².